The summed E-state index contributed by atoms with van der Waals surface area (Å²) < 4.78 is 0. The Kier molecular flexibility index (Phi) is 4.63. The van der Waals surface area contributed by atoms with Gasteiger partial charge in [0, 0.05) is 5.54 Å². The fourth-order valence-electron chi connectivity index (χ4n) is 1.91. The molecule has 0 aromatic heterocycles. The van der Waals surface area contributed by atoms with Gasteiger partial charge in [-0.05, 0) is 58.7 Å². The van der Waals surface area contributed by atoms with Crippen LogP contribution in [0.5, 0.6) is 0 Å². The number of nitrogens with two attached hydrogens (primary N) is 1. The molecule has 2 N–H and O–H groups in total. The van der Waals surface area contributed by atoms with Crippen molar-refractivity contribution in [3.05, 3.63) is 12.7 Å². The molecule has 1 fully saturated rings. The number of allylic oxidation sites excluding steroid dienone is 1. The Morgan fingerprint density at radius 2 is 2.14 bits per heavy atom. The highest BCUT2D eigenvalue weighted by Gasteiger charge is 2.31. The van der Waals surface area contributed by atoms with Gasteiger partial charge in [0.15, 0.2) is 0 Å². The average molecular weight is 196 g/mol. The molecule has 0 saturated heterocycles. The molecule has 0 amide bonds. The molecule has 0 unspecified atom stereocenters. The predicted molar refractivity (Wildman–Crippen MR) is 62.3 cm³/mol. The lowest BCUT2D eigenvalue weighted by Gasteiger charge is -2.39. The Bertz CT molecular complexity index is 173. The molecule has 1 aliphatic carbocycles. The van der Waals surface area contributed by atoms with Crippen LogP contribution in [0.2, 0.25) is 0 Å². The third-order valence-corrected chi connectivity index (χ3v) is 3.29. The van der Waals surface area contributed by atoms with Crippen molar-refractivity contribution in [3.8, 4) is 0 Å². The van der Waals surface area contributed by atoms with E-state index in [1.54, 1.807) is 0 Å². The van der Waals surface area contributed by atoms with E-state index in [4.69, 9.17) is 5.73 Å². The second-order valence-corrected chi connectivity index (χ2v) is 4.70. The van der Waals surface area contributed by atoms with Gasteiger partial charge in [-0.15, -0.1) is 6.58 Å². The van der Waals surface area contributed by atoms with Crippen LogP contribution < -0.4 is 5.73 Å². The van der Waals surface area contributed by atoms with Gasteiger partial charge in [0.1, 0.15) is 0 Å². The summed E-state index contributed by atoms with van der Waals surface area (Å²) in [6.45, 7) is 6.04. The molecule has 0 spiro atoms. The van der Waals surface area contributed by atoms with Crippen LogP contribution in [0.15, 0.2) is 12.7 Å². The van der Waals surface area contributed by atoms with Crippen molar-refractivity contribution in [3.63, 3.8) is 0 Å². The zero-order valence-electron chi connectivity index (χ0n) is 9.47. The van der Waals surface area contributed by atoms with Crippen LogP contribution in [-0.4, -0.2) is 30.6 Å². The van der Waals surface area contributed by atoms with Crippen molar-refractivity contribution in [2.75, 3.05) is 20.1 Å². The molecule has 0 aromatic rings. The van der Waals surface area contributed by atoms with E-state index in [1.807, 2.05) is 6.08 Å². The minimum absolute atomic E-state index is 0.187. The highest BCUT2D eigenvalue weighted by molar-refractivity contribution is 4.92. The SMILES string of the molecule is C=CCCCN(C)CCC1(N)CCC1. The van der Waals surface area contributed by atoms with Crippen LogP contribution in [-0.2, 0) is 0 Å². The second kappa shape index (κ2) is 5.52. The Hall–Kier alpha value is -0.340. The molecule has 0 radical (unpaired) electrons. The summed E-state index contributed by atoms with van der Waals surface area (Å²) in [7, 11) is 2.19. The molecule has 0 atom stereocenters. The van der Waals surface area contributed by atoms with Gasteiger partial charge in [-0.3, -0.25) is 0 Å². The monoisotopic (exact) mass is 196 g/mol. The Balaban J connectivity index is 2.02. The Morgan fingerprint density at radius 3 is 2.64 bits per heavy atom. The lowest BCUT2D eigenvalue weighted by Crippen LogP contribution is -2.48. The van der Waals surface area contributed by atoms with Crippen molar-refractivity contribution >= 4 is 0 Å². The molecule has 1 aliphatic rings. The first-order valence-electron chi connectivity index (χ1n) is 5.75. The molecule has 0 heterocycles. The first-order valence-corrected chi connectivity index (χ1v) is 5.75. The third-order valence-electron chi connectivity index (χ3n) is 3.29. The molecule has 14 heavy (non-hydrogen) atoms. The van der Waals surface area contributed by atoms with Gasteiger partial charge in [0.2, 0.25) is 0 Å². The van der Waals surface area contributed by atoms with Gasteiger partial charge in [0.25, 0.3) is 0 Å². The van der Waals surface area contributed by atoms with Crippen LogP contribution >= 0.6 is 0 Å². The fraction of sp³-hybridized carbons (Fsp3) is 0.833. The van der Waals surface area contributed by atoms with E-state index in [-0.39, 0.29) is 5.54 Å². The topological polar surface area (TPSA) is 29.3 Å². The van der Waals surface area contributed by atoms with E-state index in [2.05, 4.69) is 18.5 Å². The van der Waals surface area contributed by atoms with E-state index in [1.165, 1.54) is 32.2 Å². The zero-order valence-corrected chi connectivity index (χ0v) is 9.47. The number of hydrogen-bond donors (Lipinski definition) is 1. The predicted octanol–water partition coefficient (Wildman–Crippen LogP) is 2.16. The average Bonchev–Trinajstić information content (AvgIpc) is 2.12. The molecule has 0 aliphatic heterocycles. The Morgan fingerprint density at radius 1 is 1.43 bits per heavy atom. The largest absolute Gasteiger partial charge is 0.325 e. The fourth-order valence-corrected chi connectivity index (χ4v) is 1.91. The van der Waals surface area contributed by atoms with Gasteiger partial charge in [0.05, 0.1) is 0 Å². The normalized spacial score (nSPS) is 19.4. The molecule has 2 nitrogen and oxygen atoms in total. The molecule has 0 bridgehead atoms. The highest BCUT2D eigenvalue weighted by atomic mass is 15.1. The minimum atomic E-state index is 0.187. The number of hydrogen-bond acceptors (Lipinski definition) is 2. The maximum Gasteiger partial charge on any atom is 0.0166 e. The molecule has 1 saturated carbocycles. The molecule has 1 rings (SSSR count). The van der Waals surface area contributed by atoms with Crippen molar-refractivity contribution in [2.45, 2.75) is 44.1 Å². The maximum absolute atomic E-state index is 6.16. The first kappa shape index (κ1) is 11.7. The molecule has 2 heteroatoms. The summed E-state index contributed by atoms with van der Waals surface area (Å²) in [5.74, 6) is 0. The van der Waals surface area contributed by atoms with Crippen molar-refractivity contribution in [1.29, 1.82) is 0 Å². The maximum atomic E-state index is 6.16. The standard InChI is InChI=1S/C12H24N2/c1-3-4-5-10-14(2)11-9-12(13)7-6-8-12/h3H,1,4-11,13H2,2H3. The van der Waals surface area contributed by atoms with Crippen molar-refractivity contribution < 1.29 is 0 Å². The van der Waals surface area contributed by atoms with Crippen LogP contribution in [0, 0.1) is 0 Å². The third kappa shape index (κ3) is 3.81. The quantitative estimate of drug-likeness (QED) is 0.499. The van der Waals surface area contributed by atoms with Crippen molar-refractivity contribution in [2.24, 2.45) is 5.73 Å². The van der Waals surface area contributed by atoms with Gasteiger partial charge in [-0.1, -0.05) is 6.08 Å². The van der Waals surface area contributed by atoms with Gasteiger partial charge < -0.3 is 10.6 Å². The lowest BCUT2D eigenvalue weighted by atomic mass is 9.75. The smallest absolute Gasteiger partial charge is 0.0166 e. The summed E-state index contributed by atoms with van der Waals surface area (Å²) in [6, 6.07) is 0. The van der Waals surface area contributed by atoms with Gasteiger partial charge in [-0.25, -0.2) is 0 Å². The summed E-state index contributed by atoms with van der Waals surface area (Å²) >= 11 is 0. The molecular weight excluding hydrogens is 172 g/mol. The van der Waals surface area contributed by atoms with Crippen LogP contribution in [0.4, 0.5) is 0 Å². The summed E-state index contributed by atoms with van der Waals surface area (Å²) in [6.07, 6.45) is 9.29. The van der Waals surface area contributed by atoms with Gasteiger partial charge >= 0.3 is 0 Å². The minimum Gasteiger partial charge on any atom is -0.325 e. The van der Waals surface area contributed by atoms with E-state index < -0.39 is 0 Å². The van der Waals surface area contributed by atoms with E-state index in [0.29, 0.717) is 0 Å². The molecular formula is C12H24N2. The Labute approximate surface area is 88.2 Å². The molecule has 82 valence electrons. The van der Waals surface area contributed by atoms with E-state index in [9.17, 15) is 0 Å². The number of unbranched alkanes of at least 4 members (excludes halogenated alkanes) is 1. The highest BCUT2D eigenvalue weighted by Crippen LogP contribution is 2.31. The van der Waals surface area contributed by atoms with Crippen molar-refractivity contribution in [1.82, 2.24) is 4.90 Å². The van der Waals surface area contributed by atoms with Crippen LogP contribution in [0.3, 0.4) is 0 Å². The number of nitrogens with zero attached hydrogens (tertiary/aromatic N) is 1. The summed E-state index contributed by atoms with van der Waals surface area (Å²) in [5.41, 5.74) is 6.35. The lowest BCUT2D eigenvalue weighted by molar-refractivity contribution is 0.196. The van der Waals surface area contributed by atoms with Gasteiger partial charge in [-0.2, -0.15) is 0 Å². The van der Waals surface area contributed by atoms with E-state index in [0.717, 1.165) is 19.4 Å². The van der Waals surface area contributed by atoms with Crippen LogP contribution in [0.1, 0.15) is 38.5 Å². The first-order chi connectivity index (χ1) is 6.66. The summed E-state index contributed by atoms with van der Waals surface area (Å²) in [5, 5.41) is 0. The van der Waals surface area contributed by atoms with E-state index >= 15 is 0 Å². The second-order valence-electron chi connectivity index (χ2n) is 4.70. The summed E-state index contributed by atoms with van der Waals surface area (Å²) in [4.78, 5) is 2.39. The number of rotatable bonds is 7. The zero-order chi connectivity index (χ0) is 10.4. The van der Waals surface area contributed by atoms with Crippen LogP contribution in [0.25, 0.3) is 0 Å². The molecule has 0 aromatic carbocycles.